The average Bonchev–Trinajstić information content (AvgIpc) is 3.23. The predicted octanol–water partition coefficient (Wildman–Crippen LogP) is 4.10. The molecule has 0 aliphatic heterocycles. The fourth-order valence-corrected chi connectivity index (χ4v) is 3.35. The van der Waals surface area contributed by atoms with Crippen molar-refractivity contribution in [1.82, 2.24) is 10.3 Å². The second-order valence-electron chi connectivity index (χ2n) is 6.39. The van der Waals surface area contributed by atoms with E-state index in [4.69, 9.17) is 4.74 Å². The average molecular weight is 395 g/mol. The Morgan fingerprint density at radius 3 is 2.75 bits per heavy atom. The molecule has 0 spiro atoms. The molecule has 1 atom stereocenters. The van der Waals surface area contributed by atoms with E-state index in [2.05, 4.69) is 15.6 Å². The van der Waals surface area contributed by atoms with E-state index in [9.17, 15) is 9.59 Å². The van der Waals surface area contributed by atoms with Crippen LogP contribution >= 0.6 is 11.3 Å². The first kappa shape index (κ1) is 19.6. The summed E-state index contributed by atoms with van der Waals surface area (Å²) in [5.41, 5.74) is 2.50. The van der Waals surface area contributed by atoms with Crippen molar-refractivity contribution in [2.75, 3.05) is 11.9 Å². The minimum absolute atomic E-state index is 0.147. The molecular formula is C21H21N3O3S. The summed E-state index contributed by atoms with van der Waals surface area (Å²) < 4.78 is 5.76. The van der Waals surface area contributed by atoms with Gasteiger partial charge in [0, 0.05) is 18.4 Å². The van der Waals surface area contributed by atoms with Gasteiger partial charge in [0.2, 0.25) is 0 Å². The monoisotopic (exact) mass is 395 g/mol. The molecule has 0 fully saturated rings. The largest absolute Gasteiger partial charge is 0.455 e. The lowest BCUT2D eigenvalue weighted by Crippen LogP contribution is -2.37. The van der Waals surface area contributed by atoms with E-state index in [1.54, 1.807) is 48.0 Å². The number of aromatic nitrogens is 1. The molecule has 6 nitrogen and oxygen atoms in total. The van der Waals surface area contributed by atoms with Crippen LogP contribution in [0.15, 0.2) is 59.6 Å². The van der Waals surface area contributed by atoms with E-state index in [1.165, 1.54) is 0 Å². The van der Waals surface area contributed by atoms with Gasteiger partial charge in [0.1, 0.15) is 11.5 Å². The van der Waals surface area contributed by atoms with Crippen molar-refractivity contribution in [3.63, 3.8) is 0 Å². The molecule has 2 aromatic heterocycles. The summed E-state index contributed by atoms with van der Waals surface area (Å²) in [5, 5.41) is 9.31. The normalized spacial score (nSPS) is 11.5. The first-order valence-corrected chi connectivity index (χ1v) is 9.77. The fourth-order valence-electron chi connectivity index (χ4n) is 2.56. The zero-order chi connectivity index (χ0) is 19.9. The summed E-state index contributed by atoms with van der Waals surface area (Å²) in [5.74, 6) is 0.0731. The molecule has 2 N–H and O–H groups in total. The van der Waals surface area contributed by atoms with Crippen LogP contribution in [0.5, 0.6) is 11.5 Å². The van der Waals surface area contributed by atoms with Gasteiger partial charge in [-0.3, -0.25) is 14.6 Å². The summed E-state index contributed by atoms with van der Waals surface area (Å²) in [6.45, 7) is 4.27. The smallest absolute Gasteiger partial charge is 0.313 e. The lowest BCUT2D eigenvalue weighted by molar-refractivity contribution is -0.136. The number of aryl methyl sites for hydroxylation is 1. The zero-order valence-electron chi connectivity index (χ0n) is 15.6. The highest BCUT2D eigenvalue weighted by molar-refractivity contribution is 7.08. The van der Waals surface area contributed by atoms with Gasteiger partial charge in [-0.15, -0.1) is 0 Å². The molecule has 0 aliphatic rings. The second-order valence-corrected chi connectivity index (χ2v) is 7.17. The molecule has 0 bridgehead atoms. The topological polar surface area (TPSA) is 80.3 Å². The Morgan fingerprint density at radius 2 is 2.07 bits per heavy atom. The Labute approximate surface area is 167 Å². The number of rotatable bonds is 6. The molecule has 144 valence electrons. The highest BCUT2D eigenvalue weighted by Crippen LogP contribution is 2.26. The van der Waals surface area contributed by atoms with Crippen molar-refractivity contribution in [2.24, 2.45) is 0 Å². The molecule has 28 heavy (non-hydrogen) atoms. The summed E-state index contributed by atoms with van der Waals surface area (Å²) >= 11 is 1.61. The van der Waals surface area contributed by atoms with E-state index in [-0.39, 0.29) is 5.92 Å². The Morgan fingerprint density at radius 1 is 1.21 bits per heavy atom. The minimum Gasteiger partial charge on any atom is -0.455 e. The Hall–Kier alpha value is -3.19. The summed E-state index contributed by atoms with van der Waals surface area (Å²) in [6, 6.07) is 10.8. The van der Waals surface area contributed by atoms with Gasteiger partial charge in [-0.25, -0.2) is 0 Å². The molecule has 7 heteroatoms. The Balaban J connectivity index is 1.54. The first-order chi connectivity index (χ1) is 13.5. The molecule has 0 saturated carbocycles. The van der Waals surface area contributed by atoms with Crippen molar-refractivity contribution in [3.8, 4) is 11.5 Å². The number of hydrogen-bond donors (Lipinski definition) is 2. The van der Waals surface area contributed by atoms with Gasteiger partial charge in [0.25, 0.3) is 0 Å². The van der Waals surface area contributed by atoms with E-state index < -0.39 is 11.8 Å². The number of nitrogens with zero attached hydrogens (tertiary/aromatic N) is 1. The summed E-state index contributed by atoms with van der Waals surface area (Å²) in [6.07, 6.45) is 3.29. The van der Waals surface area contributed by atoms with Crippen LogP contribution in [-0.4, -0.2) is 23.3 Å². The zero-order valence-corrected chi connectivity index (χ0v) is 16.5. The highest BCUT2D eigenvalue weighted by atomic mass is 32.1. The van der Waals surface area contributed by atoms with E-state index in [0.717, 1.165) is 11.1 Å². The third-order valence-corrected chi connectivity index (χ3v) is 4.88. The number of pyridine rings is 1. The minimum atomic E-state index is -0.696. The summed E-state index contributed by atoms with van der Waals surface area (Å²) in [4.78, 5) is 28.2. The van der Waals surface area contributed by atoms with Crippen LogP contribution < -0.4 is 15.4 Å². The number of anilines is 1. The quantitative estimate of drug-likeness (QED) is 0.616. The number of carbonyl (C=O) groups excluding carboxylic acids is 2. The maximum absolute atomic E-state index is 12.1. The third kappa shape index (κ3) is 5.17. The number of thiophene rings is 1. The maximum atomic E-state index is 12.1. The first-order valence-electron chi connectivity index (χ1n) is 8.82. The number of hydrogen-bond acceptors (Lipinski definition) is 5. The number of ether oxygens (including phenoxy) is 1. The molecule has 3 rings (SSSR count). The van der Waals surface area contributed by atoms with Gasteiger partial charge in [0.05, 0.1) is 6.20 Å². The van der Waals surface area contributed by atoms with Crippen molar-refractivity contribution < 1.29 is 14.3 Å². The summed E-state index contributed by atoms with van der Waals surface area (Å²) in [7, 11) is 0. The van der Waals surface area contributed by atoms with Crippen LogP contribution in [0.1, 0.15) is 24.0 Å². The SMILES string of the molecule is Cc1cc(NC(=O)C(=O)NC[C@H](C)c2ccsc2)ccc1Oc1cccnc1. The van der Waals surface area contributed by atoms with Crippen molar-refractivity contribution in [1.29, 1.82) is 0 Å². The third-order valence-electron chi connectivity index (χ3n) is 4.18. The van der Waals surface area contributed by atoms with E-state index >= 15 is 0 Å². The van der Waals surface area contributed by atoms with Gasteiger partial charge in [-0.2, -0.15) is 11.3 Å². The van der Waals surface area contributed by atoms with Crippen molar-refractivity contribution in [3.05, 3.63) is 70.7 Å². The van der Waals surface area contributed by atoms with Crippen LogP contribution in [0.2, 0.25) is 0 Å². The predicted molar refractivity (Wildman–Crippen MR) is 110 cm³/mol. The Kier molecular flexibility index (Phi) is 6.39. The van der Waals surface area contributed by atoms with E-state index in [0.29, 0.717) is 23.7 Å². The molecule has 0 aliphatic carbocycles. The van der Waals surface area contributed by atoms with Crippen LogP contribution in [0.4, 0.5) is 5.69 Å². The molecule has 0 radical (unpaired) electrons. The van der Waals surface area contributed by atoms with Crippen molar-refractivity contribution >= 4 is 28.8 Å². The van der Waals surface area contributed by atoms with Gasteiger partial charge in [-0.05, 0) is 71.1 Å². The Bertz CT molecular complexity index is 943. The van der Waals surface area contributed by atoms with Crippen LogP contribution in [0, 0.1) is 6.92 Å². The fraction of sp³-hybridized carbons (Fsp3) is 0.190. The van der Waals surface area contributed by atoms with Gasteiger partial charge >= 0.3 is 11.8 Å². The van der Waals surface area contributed by atoms with Crippen LogP contribution in [0.25, 0.3) is 0 Å². The number of amides is 2. The van der Waals surface area contributed by atoms with Crippen LogP contribution in [-0.2, 0) is 9.59 Å². The van der Waals surface area contributed by atoms with E-state index in [1.807, 2.05) is 36.7 Å². The lowest BCUT2D eigenvalue weighted by Gasteiger charge is -2.12. The van der Waals surface area contributed by atoms with Gasteiger partial charge < -0.3 is 15.4 Å². The van der Waals surface area contributed by atoms with Gasteiger partial charge in [-0.1, -0.05) is 6.92 Å². The lowest BCUT2D eigenvalue weighted by atomic mass is 10.1. The van der Waals surface area contributed by atoms with Gasteiger partial charge in [0.15, 0.2) is 0 Å². The molecule has 3 aromatic rings. The highest BCUT2D eigenvalue weighted by Gasteiger charge is 2.16. The molecular weight excluding hydrogens is 374 g/mol. The maximum Gasteiger partial charge on any atom is 0.313 e. The standard InChI is InChI=1S/C21H21N3O3S/c1-14-10-17(5-6-19(14)27-18-4-3-8-22-12-18)24-21(26)20(25)23-11-15(2)16-7-9-28-13-16/h3-10,12-13,15H,11H2,1-2H3,(H,23,25)(H,24,26)/t15-/m0/s1. The molecule has 2 heterocycles. The molecule has 0 unspecified atom stereocenters. The molecule has 1 aromatic carbocycles. The second kappa shape index (κ2) is 9.14. The number of nitrogens with one attached hydrogen (secondary N) is 2. The number of benzene rings is 1. The number of carbonyl (C=O) groups is 2. The van der Waals surface area contributed by atoms with Crippen LogP contribution in [0.3, 0.4) is 0 Å². The molecule has 0 saturated heterocycles. The van der Waals surface area contributed by atoms with Crippen molar-refractivity contribution in [2.45, 2.75) is 19.8 Å². The molecule has 2 amide bonds.